The van der Waals surface area contributed by atoms with Gasteiger partial charge in [0, 0.05) is 38.4 Å². The van der Waals surface area contributed by atoms with E-state index in [1.165, 1.54) is 7.11 Å². The number of ketones is 1. The molecule has 0 bridgehead atoms. The average Bonchev–Trinajstić information content (AvgIpc) is 3.07. The number of esters is 1. The van der Waals surface area contributed by atoms with Crippen molar-refractivity contribution in [3.63, 3.8) is 0 Å². The first-order valence-corrected chi connectivity index (χ1v) is 10.4. The van der Waals surface area contributed by atoms with Gasteiger partial charge in [-0.15, -0.1) is 0 Å². The maximum atomic E-state index is 13.1. The minimum atomic E-state index is -0.417. The molecule has 7 heteroatoms. The van der Waals surface area contributed by atoms with Gasteiger partial charge in [0.15, 0.2) is 5.78 Å². The second-order valence-electron chi connectivity index (χ2n) is 7.70. The quantitative estimate of drug-likeness (QED) is 0.530. The fraction of sp³-hybridized carbons (Fsp3) is 0.478. The van der Waals surface area contributed by atoms with Gasteiger partial charge in [0.1, 0.15) is 12.4 Å². The fourth-order valence-electron chi connectivity index (χ4n) is 3.96. The van der Waals surface area contributed by atoms with Gasteiger partial charge < -0.3 is 14.5 Å². The van der Waals surface area contributed by atoms with Crippen molar-refractivity contribution in [2.45, 2.75) is 26.8 Å². The Balaban J connectivity index is 1.52. The average molecular weight is 414 g/mol. The van der Waals surface area contributed by atoms with Gasteiger partial charge in [-0.2, -0.15) is 0 Å². The Morgan fingerprint density at radius 3 is 2.40 bits per heavy atom. The summed E-state index contributed by atoms with van der Waals surface area (Å²) in [4.78, 5) is 32.7. The van der Waals surface area contributed by atoms with Crippen LogP contribution >= 0.6 is 0 Å². The number of carbonyl (C=O) groups excluding carboxylic acids is 2. The topological polar surface area (TPSA) is 74.9 Å². The summed E-state index contributed by atoms with van der Waals surface area (Å²) in [5, 5.41) is 0. The van der Waals surface area contributed by atoms with E-state index in [0.29, 0.717) is 29.1 Å². The zero-order chi connectivity index (χ0) is 21.7. The molecule has 2 heterocycles. The lowest BCUT2D eigenvalue weighted by atomic mass is 10.0. The summed E-state index contributed by atoms with van der Waals surface area (Å²) in [6.45, 7) is 10.5. The number of Topliss-reactive ketones (excluding diaryl/α,β-unsaturated/α-hetero) is 1. The Morgan fingerprint density at radius 2 is 1.77 bits per heavy atom. The highest BCUT2D eigenvalue weighted by molar-refractivity contribution is 6.03. The molecule has 1 fully saturated rings. The molecule has 162 valence electrons. The van der Waals surface area contributed by atoms with Crippen molar-refractivity contribution < 1.29 is 19.1 Å². The summed E-state index contributed by atoms with van der Waals surface area (Å²) in [6, 6.07) is 9.57. The van der Waals surface area contributed by atoms with Crippen LogP contribution in [0.3, 0.4) is 0 Å². The maximum Gasteiger partial charge on any atom is 0.339 e. The van der Waals surface area contributed by atoms with E-state index in [4.69, 9.17) is 9.47 Å². The van der Waals surface area contributed by atoms with E-state index in [1.54, 1.807) is 13.8 Å². The van der Waals surface area contributed by atoms with Crippen molar-refractivity contribution in [1.29, 1.82) is 0 Å². The summed E-state index contributed by atoms with van der Waals surface area (Å²) in [7, 11) is 1.35. The van der Waals surface area contributed by atoms with Gasteiger partial charge >= 0.3 is 5.97 Å². The number of rotatable bonds is 8. The van der Waals surface area contributed by atoms with Crippen molar-refractivity contribution in [1.82, 2.24) is 14.8 Å². The summed E-state index contributed by atoms with van der Waals surface area (Å²) in [5.41, 5.74) is 2.28. The zero-order valence-corrected chi connectivity index (χ0v) is 18.2. The minimum absolute atomic E-state index is 0.00612. The lowest BCUT2D eigenvalue weighted by Crippen LogP contribution is -2.52. The number of aromatic amines is 1. The number of aryl methyl sites for hydroxylation is 1. The van der Waals surface area contributed by atoms with Gasteiger partial charge in [-0.05, 0) is 38.5 Å². The molecule has 0 spiro atoms. The minimum Gasteiger partial charge on any atom is -0.492 e. The molecule has 3 rings (SSSR count). The largest absolute Gasteiger partial charge is 0.492 e. The molecule has 1 N–H and O–H groups in total. The molecule has 1 aliphatic heterocycles. The van der Waals surface area contributed by atoms with Gasteiger partial charge in [-0.1, -0.05) is 18.2 Å². The highest BCUT2D eigenvalue weighted by Gasteiger charge is 2.30. The standard InChI is InChI=1S/C23H31N3O4/c1-16-20(23(28)29-4)17(2)24-21(16)22(27)18(3)26-12-10-25(11-13-26)14-15-30-19-8-6-5-7-9-19/h5-9,18,24H,10-15H2,1-4H3/t18-/m1/s1. The predicted molar refractivity (Wildman–Crippen MR) is 115 cm³/mol. The van der Waals surface area contributed by atoms with Crippen LogP contribution in [0.4, 0.5) is 0 Å². The van der Waals surface area contributed by atoms with E-state index in [-0.39, 0.29) is 11.8 Å². The molecular formula is C23H31N3O4. The van der Waals surface area contributed by atoms with E-state index in [9.17, 15) is 9.59 Å². The van der Waals surface area contributed by atoms with Crippen molar-refractivity contribution in [3.8, 4) is 5.75 Å². The van der Waals surface area contributed by atoms with Gasteiger partial charge in [0.05, 0.1) is 24.4 Å². The van der Waals surface area contributed by atoms with Gasteiger partial charge in [-0.25, -0.2) is 4.79 Å². The molecular weight excluding hydrogens is 382 g/mol. The van der Waals surface area contributed by atoms with Crippen LogP contribution in [0.5, 0.6) is 5.75 Å². The lowest BCUT2D eigenvalue weighted by Gasteiger charge is -2.37. The van der Waals surface area contributed by atoms with Crippen molar-refractivity contribution in [3.05, 3.63) is 52.8 Å². The number of methoxy groups -OCH3 is 1. The number of benzene rings is 1. The number of carbonyl (C=O) groups is 2. The number of piperazine rings is 1. The Labute approximate surface area is 178 Å². The molecule has 0 amide bonds. The highest BCUT2D eigenvalue weighted by atomic mass is 16.5. The van der Waals surface area contributed by atoms with E-state index in [2.05, 4.69) is 14.8 Å². The van der Waals surface area contributed by atoms with E-state index in [0.717, 1.165) is 38.5 Å². The van der Waals surface area contributed by atoms with Crippen LogP contribution in [0.25, 0.3) is 0 Å². The van der Waals surface area contributed by atoms with Crippen molar-refractivity contribution in [2.75, 3.05) is 46.4 Å². The van der Waals surface area contributed by atoms with Crippen LogP contribution in [0.15, 0.2) is 30.3 Å². The molecule has 7 nitrogen and oxygen atoms in total. The zero-order valence-electron chi connectivity index (χ0n) is 18.2. The van der Waals surface area contributed by atoms with Crippen LogP contribution < -0.4 is 4.74 Å². The first kappa shape index (κ1) is 22.1. The van der Waals surface area contributed by atoms with E-state index >= 15 is 0 Å². The summed E-state index contributed by atoms with van der Waals surface area (Å²) in [6.07, 6.45) is 0. The Kier molecular flexibility index (Phi) is 7.29. The number of nitrogens with zero attached hydrogens (tertiary/aromatic N) is 2. The number of para-hydroxylation sites is 1. The third-order valence-electron chi connectivity index (χ3n) is 5.83. The Hall–Kier alpha value is -2.64. The smallest absolute Gasteiger partial charge is 0.339 e. The molecule has 1 aromatic heterocycles. The van der Waals surface area contributed by atoms with E-state index in [1.807, 2.05) is 37.3 Å². The summed E-state index contributed by atoms with van der Waals surface area (Å²) in [5.74, 6) is 0.476. The van der Waals surface area contributed by atoms with E-state index < -0.39 is 5.97 Å². The van der Waals surface area contributed by atoms with Crippen molar-refractivity contribution >= 4 is 11.8 Å². The number of nitrogens with one attached hydrogen (secondary N) is 1. The van der Waals surface area contributed by atoms with Gasteiger partial charge in [-0.3, -0.25) is 14.6 Å². The number of hydrogen-bond acceptors (Lipinski definition) is 6. The molecule has 30 heavy (non-hydrogen) atoms. The van der Waals surface area contributed by atoms with Crippen LogP contribution in [0, 0.1) is 13.8 Å². The third-order valence-corrected chi connectivity index (χ3v) is 5.83. The molecule has 1 atom stereocenters. The molecule has 0 aliphatic carbocycles. The van der Waals surface area contributed by atoms with Crippen LogP contribution in [0.1, 0.15) is 39.0 Å². The SMILES string of the molecule is COC(=O)c1c(C)[nH]c(C(=O)[C@@H](C)N2CCN(CCOc3ccccc3)CC2)c1C. The lowest BCUT2D eigenvalue weighted by molar-refractivity contribution is 0.0599. The molecule has 2 aromatic rings. The predicted octanol–water partition coefficient (Wildman–Crippen LogP) is 2.69. The second kappa shape index (κ2) is 9.91. The van der Waals surface area contributed by atoms with Crippen LogP contribution in [-0.2, 0) is 4.74 Å². The normalized spacial score (nSPS) is 16.3. The van der Waals surface area contributed by atoms with Crippen LogP contribution in [0.2, 0.25) is 0 Å². The number of aromatic nitrogens is 1. The summed E-state index contributed by atoms with van der Waals surface area (Å²) < 4.78 is 10.6. The third kappa shape index (κ3) is 4.91. The monoisotopic (exact) mass is 413 g/mol. The van der Waals surface area contributed by atoms with Crippen molar-refractivity contribution in [2.24, 2.45) is 0 Å². The molecule has 0 radical (unpaired) electrons. The molecule has 1 aromatic carbocycles. The molecule has 0 unspecified atom stereocenters. The van der Waals surface area contributed by atoms with Gasteiger partial charge in [0.25, 0.3) is 0 Å². The second-order valence-corrected chi connectivity index (χ2v) is 7.70. The summed E-state index contributed by atoms with van der Waals surface area (Å²) >= 11 is 0. The maximum absolute atomic E-state index is 13.1. The van der Waals surface area contributed by atoms with Crippen LogP contribution in [-0.4, -0.2) is 79.0 Å². The highest BCUT2D eigenvalue weighted by Crippen LogP contribution is 2.22. The number of H-pyrrole nitrogens is 1. The first-order chi connectivity index (χ1) is 14.4. The number of ether oxygens (including phenoxy) is 2. The molecule has 0 saturated carbocycles. The first-order valence-electron chi connectivity index (χ1n) is 10.4. The van der Waals surface area contributed by atoms with Gasteiger partial charge in [0.2, 0.25) is 0 Å². The molecule has 1 saturated heterocycles. The Bertz CT molecular complexity index is 870. The molecule has 1 aliphatic rings. The fourth-order valence-corrected chi connectivity index (χ4v) is 3.96. The Morgan fingerprint density at radius 1 is 1.10 bits per heavy atom. The number of hydrogen-bond donors (Lipinski definition) is 1.